The first-order chi connectivity index (χ1) is 12.5. The third kappa shape index (κ3) is 4.16. The topological polar surface area (TPSA) is 93.1 Å². The van der Waals surface area contributed by atoms with E-state index in [4.69, 9.17) is 0 Å². The van der Waals surface area contributed by atoms with E-state index in [0.29, 0.717) is 5.69 Å². The van der Waals surface area contributed by atoms with E-state index in [2.05, 4.69) is 15.0 Å². The maximum absolute atomic E-state index is 12.5. The summed E-state index contributed by atoms with van der Waals surface area (Å²) in [6.07, 6.45) is 5.12. The molecule has 0 fully saturated rings. The molecule has 1 heterocycles. The van der Waals surface area contributed by atoms with Crippen molar-refractivity contribution < 1.29 is 13.2 Å². The Morgan fingerprint density at radius 1 is 1.12 bits per heavy atom. The summed E-state index contributed by atoms with van der Waals surface area (Å²) in [4.78, 5) is 15.2. The van der Waals surface area contributed by atoms with E-state index in [9.17, 15) is 13.2 Å². The van der Waals surface area contributed by atoms with Gasteiger partial charge in [0.2, 0.25) is 15.9 Å². The molecule has 7 nitrogen and oxygen atoms in total. The number of nitrogens with one attached hydrogen (secondary N) is 2. The molecule has 0 atom stereocenters. The summed E-state index contributed by atoms with van der Waals surface area (Å²) in [5.41, 5.74) is 2.22. The van der Waals surface area contributed by atoms with E-state index in [1.165, 1.54) is 19.1 Å². The summed E-state index contributed by atoms with van der Waals surface area (Å²) in [5, 5.41) is 2.60. The second-order valence-corrected chi connectivity index (χ2v) is 7.40. The smallest absolute Gasteiger partial charge is 0.240 e. The molecule has 2 N–H and O–H groups in total. The van der Waals surface area contributed by atoms with Crippen LogP contribution in [0.4, 0.5) is 5.69 Å². The van der Waals surface area contributed by atoms with Crippen molar-refractivity contribution in [2.24, 2.45) is 0 Å². The van der Waals surface area contributed by atoms with Crippen LogP contribution in [0.15, 0.2) is 72.1 Å². The quantitative estimate of drug-likeness (QED) is 0.696. The molecule has 0 aliphatic rings. The van der Waals surface area contributed by atoms with Crippen LogP contribution < -0.4 is 10.0 Å². The van der Waals surface area contributed by atoms with Gasteiger partial charge in [0, 0.05) is 31.5 Å². The molecule has 2 aromatic carbocycles. The van der Waals surface area contributed by atoms with Crippen LogP contribution in [0.5, 0.6) is 0 Å². The molecule has 3 aromatic rings. The molecule has 0 radical (unpaired) electrons. The van der Waals surface area contributed by atoms with Crippen molar-refractivity contribution in [2.75, 3.05) is 5.32 Å². The van der Waals surface area contributed by atoms with E-state index >= 15 is 0 Å². The van der Waals surface area contributed by atoms with E-state index in [1.807, 2.05) is 28.8 Å². The molecule has 1 amide bonds. The number of amides is 1. The number of rotatable bonds is 6. The van der Waals surface area contributed by atoms with Crippen molar-refractivity contribution in [3.8, 4) is 5.69 Å². The number of anilines is 1. The summed E-state index contributed by atoms with van der Waals surface area (Å²) in [5.74, 6) is -0.213. The highest BCUT2D eigenvalue weighted by Gasteiger charge is 2.15. The Morgan fingerprint density at radius 2 is 1.85 bits per heavy atom. The Balaban J connectivity index is 1.76. The van der Waals surface area contributed by atoms with Gasteiger partial charge in [-0.1, -0.05) is 18.2 Å². The highest BCUT2D eigenvalue weighted by molar-refractivity contribution is 7.89. The van der Waals surface area contributed by atoms with Gasteiger partial charge in [0.15, 0.2) is 0 Å². The van der Waals surface area contributed by atoms with Crippen LogP contribution in [0.3, 0.4) is 0 Å². The molecule has 0 saturated carbocycles. The lowest BCUT2D eigenvalue weighted by atomic mass is 10.2. The van der Waals surface area contributed by atoms with Crippen LogP contribution in [-0.4, -0.2) is 23.9 Å². The van der Waals surface area contributed by atoms with E-state index < -0.39 is 10.0 Å². The largest absolute Gasteiger partial charge is 0.326 e. The van der Waals surface area contributed by atoms with Crippen LogP contribution in [-0.2, 0) is 21.4 Å². The van der Waals surface area contributed by atoms with Crippen molar-refractivity contribution in [1.29, 1.82) is 0 Å². The number of nitrogens with zero attached hydrogens (tertiary/aromatic N) is 2. The fraction of sp³-hybridized carbons (Fsp3) is 0.111. The molecule has 26 heavy (non-hydrogen) atoms. The number of benzene rings is 2. The van der Waals surface area contributed by atoms with E-state index in [-0.39, 0.29) is 17.3 Å². The van der Waals surface area contributed by atoms with Crippen LogP contribution in [0.2, 0.25) is 0 Å². The Kier molecular flexibility index (Phi) is 5.15. The summed E-state index contributed by atoms with van der Waals surface area (Å²) >= 11 is 0. The number of carbonyl (C=O) groups excluding carboxylic acids is 1. The molecular formula is C18H18N4O3S. The second-order valence-electron chi connectivity index (χ2n) is 5.63. The minimum atomic E-state index is -3.68. The van der Waals surface area contributed by atoms with Gasteiger partial charge in [0.1, 0.15) is 0 Å². The molecule has 1 aromatic heterocycles. The van der Waals surface area contributed by atoms with Crippen LogP contribution >= 0.6 is 0 Å². The molecule has 0 bridgehead atoms. The maximum atomic E-state index is 12.5. The standard InChI is InChI=1S/C18H18N4O3S/c1-14(23)21-16-6-8-17(9-7-16)26(24,25)20-12-15-4-2-3-5-18(15)22-11-10-19-13-22/h2-11,13,20H,12H2,1H3,(H,21,23). The van der Waals surface area contributed by atoms with Gasteiger partial charge in [-0.2, -0.15) is 0 Å². The Bertz CT molecular complexity index is 997. The fourth-order valence-corrected chi connectivity index (χ4v) is 3.50. The van der Waals surface area contributed by atoms with Crippen molar-refractivity contribution in [2.45, 2.75) is 18.4 Å². The summed E-state index contributed by atoms with van der Waals surface area (Å²) in [7, 11) is -3.68. The zero-order valence-corrected chi connectivity index (χ0v) is 14.9. The van der Waals surface area contributed by atoms with Crippen molar-refractivity contribution in [3.63, 3.8) is 0 Å². The van der Waals surface area contributed by atoms with Crippen LogP contribution in [0.25, 0.3) is 5.69 Å². The molecule has 8 heteroatoms. The van der Waals surface area contributed by atoms with Crippen molar-refractivity contribution in [3.05, 3.63) is 72.8 Å². The highest BCUT2D eigenvalue weighted by atomic mass is 32.2. The van der Waals surface area contributed by atoms with Gasteiger partial charge in [0.25, 0.3) is 0 Å². The zero-order valence-electron chi connectivity index (χ0n) is 14.1. The first-order valence-corrected chi connectivity index (χ1v) is 9.37. The lowest BCUT2D eigenvalue weighted by Crippen LogP contribution is -2.24. The monoisotopic (exact) mass is 370 g/mol. The number of hydrogen-bond donors (Lipinski definition) is 2. The number of imidazole rings is 1. The van der Waals surface area contributed by atoms with Gasteiger partial charge >= 0.3 is 0 Å². The minimum absolute atomic E-state index is 0.131. The third-order valence-corrected chi connectivity index (χ3v) is 5.13. The summed E-state index contributed by atoms with van der Waals surface area (Å²) < 4.78 is 29.5. The van der Waals surface area contributed by atoms with Gasteiger partial charge < -0.3 is 9.88 Å². The number of aromatic nitrogens is 2. The van der Waals surface area contributed by atoms with Crippen LogP contribution in [0, 0.1) is 0 Å². The molecule has 0 saturated heterocycles. The molecule has 0 aliphatic carbocycles. The molecule has 0 unspecified atom stereocenters. The fourth-order valence-electron chi connectivity index (χ4n) is 2.49. The number of para-hydroxylation sites is 1. The highest BCUT2D eigenvalue weighted by Crippen LogP contribution is 2.17. The molecule has 134 valence electrons. The predicted molar refractivity (Wildman–Crippen MR) is 98.3 cm³/mol. The molecule has 3 rings (SSSR count). The van der Waals surface area contributed by atoms with E-state index in [0.717, 1.165) is 11.3 Å². The lowest BCUT2D eigenvalue weighted by molar-refractivity contribution is -0.114. The predicted octanol–water partition coefficient (Wildman–Crippen LogP) is 2.31. The summed E-state index contributed by atoms with van der Waals surface area (Å²) in [6, 6.07) is 13.5. The van der Waals surface area contributed by atoms with Gasteiger partial charge in [-0.15, -0.1) is 0 Å². The van der Waals surface area contributed by atoms with Gasteiger partial charge in [-0.25, -0.2) is 18.1 Å². The first kappa shape index (κ1) is 17.8. The summed E-state index contributed by atoms with van der Waals surface area (Å²) in [6.45, 7) is 1.54. The van der Waals surface area contributed by atoms with Crippen molar-refractivity contribution >= 4 is 21.6 Å². The second kappa shape index (κ2) is 7.51. The average molecular weight is 370 g/mol. The molecule has 0 aliphatic heterocycles. The van der Waals surface area contributed by atoms with Gasteiger partial charge in [-0.3, -0.25) is 4.79 Å². The normalized spacial score (nSPS) is 11.3. The van der Waals surface area contributed by atoms with Crippen LogP contribution in [0.1, 0.15) is 12.5 Å². The molecule has 0 spiro atoms. The zero-order chi connectivity index (χ0) is 18.6. The SMILES string of the molecule is CC(=O)Nc1ccc(S(=O)(=O)NCc2ccccc2-n2ccnc2)cc1. The van der Waals surface area contributed by atoms with Gasteiger partial charge in [-0.05, 0) is 35.9 Å². The Morgan fingerprint density at radius 3 is 2.50 bits per heavy atom. The Hall–Kier alpha value is -2.97. The van der Waals surface area contributed by atoms with Gasteiger partial charge in [0.05, 0.1) is 16.9 Å². The minimum Gasteiger partial charge on any atom is -0.326 e. The van der Waals surface area contributed by atoms with E-state index in [1.54, 1.807) is 30.9 Å². The number of hydrogen-bond acceptors (Lipinski definition) is 4. The van der Waals surface area contributed by atoms with Crippen molar-refractivity contribution in [1.82, 2.24) is 14.3 Å². The number of sulfonamides is 1. The molecular weight excluding hydrogens is 352 g/mol. The number of carbonyl (C=O) groups is 1. The average Bonchev–Trinajstić information content (AvgIpc) is 3.15. The first-order valence-electron chi connectivity index (χ1n) is 7.89. The lowest BCUT2D eigenvalue weighted by Gasteiger charge is -2.12. The Labute approximate surface area is 151 Å². The maximum Gasteiger partial charge on any atom is 0.240 e. The third-order valence-electron chi connectivity index (χ3n) is 3.71.